The number of benzene rings is 1. The quantitative estimate of drug-likeness (QED) is 0.454. The Hall–Kier alpha value is -2.77. The molecule has 4 rings (SSSR count). The molecule has 0 radical (unpaired) electrons. The van der Waals surface area contributed by atoms with Gasteiger partial charge in [-0.1, -0.05) is 40.0 Å². The van der Waals surface area contributed by atoms with E-state index >= 15 is 0 Å². The third-order valence-electron chi connectivity index (χ3n) is 6.96. The Bertz CT molecular complexity index is 964. The fourth-order valence-corrected chi connectivity index (χ4v) is 5.11. The van der Waals surface area contributed by atoms with Crippen molar-refractivity contribution in [2.24, 2.45) is 16.1 Å². The Labute approximate surface area is 202 Å². The molecule has 1 aromatic carbocycles. The summed E-state index contributed by atoms with van der Waals surface area (Å²) in [6.07, 6.45) is 7.64. The molecular weight excluding hydrogens is 432 g/mol. The number of epoxide rings is 1. The van der Waals surface area contributed by atoms with Crippen molar-refractivity contribution in [3.05, 3.63) is 23.8 Å². The van der Waals surface area contributed by atoms with Gasteiger partial charge in [0.1, 0.15) is 5.75 Å². The lowest BCUT2D eigenvalue weighted by atomic mass is 9.87. The number of carbonyl (C=O) groups is 2. The average Bonchev–Trinajstić information content (AvgIpc) is 3.43. The van der Waals surface area contributed by atoms with Crippen molar-refractivity contribution >= 4 is 23.5 Å². The van der Waals surface area contributed by atoms with E-state index in [2.05, 4.69) is 25.8 Å². The monoisotopic (exact) mass is 470 g/mol. The largest absolute Gasteiger partial charge is 0.494 e. The Morgan fingerprint density at radius 1 is 1.29 bits per heavy atom. The summed E-state index contributed by atoms with van der Waals surface area (Å²) in [4.78, 5) is 33.0. The highest BCUT2D eigenvalue weighted by Gasteiger charge is 2.65. The standard InChI is InChI=1S/C26H38N4O4/c1-25(2,3)17-26(23(32)34-26)30-16-18-15-20(12-13-21(18)28-24(30)27)33-14-8-11-22(31)29(4)19-9-6-5-7-10-19/h12-13,15,19H,5-11,14,16-17H2,1-4H3,(H2,27,28). The molecule has 1 unspecified atom stereocenters. The van der Waals surface area contributed by atoms with Gasteiger partial charge in [-0.3, -0.25) is 9.69 Å². The van der Waals surface area contributed by atoms with E-state index < -0.39 is 5.72 Å². The molecule has 8 heteroatoms. The molecule has 0 bridgehead atoms. The van der Waals surface area contributed by atoms with E-state index in [1.54, 1.807) is 4.90 Å². The molecule has 1 saturated carbocycles. The molecule has 0 spiro atoms. The molecule has 2 heterocycles. The van der Waals surface area contributed by atoms with E-state index in [0.29, 0.717) is 38.5 Å². The maximum absolute atomic E-state index is 12.5. The number of hydrogen-bond acceptors (Lipinski definition) is 7. The highest BCUT2D eigenvalue weighted by atomic mass is 16.7. The van der Waals surface area contributed by atoms with Crippen molar-refractivity contribution in [3.63, 3.8) is 0 Å². The van der Waals surface area contributed by atoms with Crippen LogP contribution in [-0.2, 0) is 20.9 Å². The summed E-state index contributed by atoms with van der Waals surface area (Å²) in [5.41, 5.74) is 6.77. The van der Waals surface area contributed by atoms with Gasteiger partial charge in [0, 0.05) is 31.5 Å². The summed E-state index contributed by atoms with van der Waals surface area (Å²) in [5.74, 6) is 0.936. The number of ether oxygens (including phenoxy) is 2. The first-order valence-corrected chi connectivity index (χ1v) is 12.5. The summed E-state index contributed by atoms with van der Waals surface area (Å²) in [6, 6.07) is 6.07. The van der Waals surface area contributed by atoms with E-state index in [9.17, 15) is 9.59 Å². The van der Waals surface area contributed by atoms with Gasteiger partial charge in [-0.05, 0) is 42.9 Å². The van der Waals surface area contributed by atoms with E-state index in [-0.39, 0.29) is 23.3 Å². The van der Waals surface area contributed by atoms with Crippen LogP contribution in [0.1, 0.15) is 77.7 Å². The lowest BCUT2D eigenvalue weighted by Crippen LogP contribution is -2.50. The van der Waals surface area contributed by atoms with Crippen LogP contribution in [0.3, 0.4) is 0 Å². The summed E-state index contributed by atoms with van der Waals surface area (Å²) in [7, 11) is 1.93. The number of nitrogens with zero attached hydrogens (tertiary/aromatic N) is 3. The number of fused-ring (bicyclic) bond motifs is 1. The zero-order valence-corrected chi connectivity index (χ0v) is 20.9. The van der Waals surface area contributed by atoms with Gasteiger partial charge >= 0.3 is 5.97 Å². The average molecular weight is 471 g/mol. The predicted molar refractivity (Wildman–Crippen MR) is 131 cm³/mol. The van der Waals surface area contributed by atoms with Crippen LogP contribution in [-0.4, -0.2) is 53.1 Å². The molecule has 2 fully saturated rings. The first-order valence-electron chi connectivity index (χ1n) is 12.5. The molecule has 8 nitrogen and oxygen atoms in total. The molecule has 3 aliphatic rings. The number of carbonyl (C=O) groups excluding carboxylic acids is 2. The van der Waals surface area contributed by atoms with Gasteiger partial charge < -0.3 is 20.1 Å². The van der Waals surface area contributed by atoms with Crippen LogP contribution >= 0.6 is 0 Å². The van der Waals surface area contributed by atoms with Gasteiger partial charge in [-0.25, -0.2) is 9.79 Å². The Morgan fingerprint density at radius 3 is 2.65 bits per heavy atom. The Balaban J connectivity index is 1.32. The highest BCUT2D eigenvalue weighted by Crippen LogP contribution is 2.46. The first-order chi connectivity index (χ1) is 16.1. The van der Waals surface area contributed by atoms with Crippen LogP contribution in [0, 0.1) is 5.41 Å². The van der Waals surface area contributed by atoms with Crippen LogP contribution in [0.25, 0.3) is 0 Å². The van der Waals surface area contributed by atoms with Crippen LogP contribution in [0.15, 0.2) is 23.2 Å². The van der Waals surface area contributed by atoms with Crippen LogP contribution in [0.2, 0.25) is 0 Å². The van der Waals surface area contributed by atoms with Crippen LogP contribution < -0.4 is 10.5 Å². The zero-order chi connectivity index (χ0) is 24.5. The molecule has 186 valence electrons. The third-order valence-corrected chi connectivity index (χ3v) is 6.96. The van der Waals surface area contributed by atoms with Gasteiger partial charge in [0.25, 0.3) is 5.72 Å². The highest BCUT2D eigenvalue weighted by molar-refractivity contribution is 5.98. The number of guanidine groups is 1. The molecule has 1 aromatic rings. The maximum Gasteiger partial charge on any atom is 0.375 e. The van der Waals surface area contributed by atoms with Crippen LogP contribution in [0.4, 0.5) is 5.69 Å². The Kier molecular flexibility index (Phi) is 6.78. The SMILES string of the molecule is CN(C(=O)CCCOc1ccc2c(c1)CN(C1(CC(C)(C)C)OC1=O)C(N)=N2)C1CCCCC1. The molecule has 1 saturated heterocycles. The molecule has 2 N–H and O–H groups in total. The topological polar surface area (TPSA) is 101 Å². The molecule has 1 atom stereocenters. The number of nitrogens with two attached hydrogens (primary N) is 1. The smallest absolute Gasteiger partial charge is 0.375 e. The van der Waals surface area contributed by atoms with Crippen molar-refractivity contribution in [1.82, 2.24) is 9.80 Å². The molecule has 1 aliphatic carbocycles. The second-order valence-electron chi connectivity index (χ2n) is 11.0. The van der Waals surface area contributed by atoms with Gasteiger partial charge in [0.2, 0.25) is 5.91 Å². The maximum atomic E-state index is 12.5. The summed E-state index contributed by atoms with van der Waals surface area (Å²) in [6.45, 7) is 7.09. The van der Waals surface area contributed by atoms with Crippen molar-refractivity contribution in [2.45, 2.75) is 90.4 Å². The predicted octanol–water partition coefficient (Wildman–Crippen LogP) is 4.09. The van der Waals surface area contributed by atoms with Gasteiger partial charge in [-0.15, -0.1) is 0 Å². The fraction of sp³-hybridized carbons (Fsp3) is 0.654. The van der Waals surface area contributed by atoms with Gasteiger partial charge in [-0.2, -0.15) is 0 Å². The number of aliphatic imine (C=N–C) groups is 1. The minimum absolute atomic E-state index is 0.111. The number of rotatable bonds is 8. The van der Waals surface area contributed by atoms with Crippen molar-refractivity contribution < 1.29 is 19.1 Å². The first kappa shape index (κ1) is 24.4. The van der Waals surface area contributed by atoms with Crippen LogP contribution in [0.5, 0.6) is 5.75 Å². The van der Waals surface area contributed by atoms with Crippen molar-refractivity contribution in [2.75, 3.05) is 13.7 Å². The minimum Gasteiger partial charge on any atom is -0.494 e. The van der Waals surface area contributed by atoms with E-state index in [1.165, 1.54) is 19.3 Å². The molecule has 34 heavy (non-hydrogen) atoms. The molecule has 2 aliphatic heterocycles. The summed E-state index contributed by atoms with van der Waals surface area (Å²) >= 11 is 0. The lowest BCUT2D eigenvalue weighted by molar-refractivity contribution is -0.132. The molecular formula is C26H38N4O4. The summed E-state index contributed by atoms with van der Waals surface area (Å²) in [5, 5.41) is 0. The van der Waals surface area contributed by atoms with Crippen molar-refractivity contribution in [3.8, 4) is 5.75 Å². The summed E-state index contributed by atoms with van der Waals surface area (Å²) < 4.78 is 11.4. The minimum atomic E-state index is -1.04. The van der Waals surface area contributed by atoms with Gasteiger partial charge in [0.15, 0.2) is 5.96 Å². The fourth-order valence-electron chi connectivity index (χ4n) is 5.11. The normalized spacial score (nSPS) is 22.5. The zero-order valence-electron chi connectivity index (χ0n) is 20.9. The Morgan fingerprint density at radius 2 is 2.00 bits per heavy atom. The van der Waals surface area contributed by atoms with E-state index in [1.807, 2.05) is 30.1 Å². The number of cyclic esters (lactones) is 1. The second kappa shape index (κ2) is 9.47. The third kappa shape index (κ3) is 5.31. The van der Waals surface area contributed by atoms with Gasteiger partial charge in [0.05, 0.1) is 18.8 Å². The molecule has 0 aromatic heterocycles. The second-order valence-corrected chi connectivity index (χ2v) is 11.0. The van der Waals surface area contributed by atoms with E-state index in [0.717, 1.165) is 29.8 Å². The van der Waals surface area contributed by atoms with E-state index in [4.69, 9.17) is 15.2 Å². The van der Waals surface area contributed by atoms with Crippen molar-refractivity contribution in [1.29, 1.82) is 0 Å². The number of hydrogen-bond donors (Lipinski definition) is 1. The lowest BCUT2D eigenvalue weighted by Gasteiger charge is -2.34. The molecule has 1 amide bonds. The number of amides is 1.